The number of halogens is 4. The Morgan fingerprint density at radius 2 is 1.80 bits per heavy atom. The summed E-state index contributed by atoms with van der Waals surface area (Å²) >= 11 is 3.10. The van der Waals surface area contributed by atoms with Crippen molar-refractivity contribution < 1.29 is 32.7 Å². The van der Waals surface area contributed by atoms with Crippen LogP contribution in [0.15, 0.2) is 39.7 Å². The minimum absolute atomic E-state index is 0.236. The number of aliphatic carboxylic acids is 1. The molecule has 13 heteroatoms. The number of aromatic nitrogens is 2. The van der Waals surface area contributed by atoms with Crippen LogP contribution in [0.3, 0.4) is 0 Å². The number of aromatic amines is 1. The second kappa shape index (κ2) is 9.52. The van der Waals surface area contributed by atoms with Crippen LogP contribution in [0.25, 0.3) is 0 Å². The summed E-state index contributed by atoms with van der Waals surface area (Å²) in [5, 5.41) is 12.4. The number of carbonyl (C=O) groups is 3. The standard InChI is InChI=1S/C17H14BrF3N4O5/c18-9-3-1-8(2-4-9)12(17(19,20)21)24-14(28)10-7-23-13(25-15(10)29)16(30)22-6-5-11(26)27/h1-4,7,12H,5-6H2,(H,22,30)(H,24,28)(H,26,27)(H,23,25,29). The number of nitrogens with zero attached hydrogens (tertiary/aromatic N) is 1. The molecule has 0 saturated carbocycles. The molecule has 1 aromatic carbocycles. The van der Waals surface area contributed by atoms with E-state index in [-0.39, 0.29) is 18.5 Å². The molecule has 1 aromatic heterocycles. The number of alkyl halides is 3. The number of carboxylic acid groups (broad SMARTS) is 1. The smallest absolute Gasteiger partial charge is 0.412 e. The third kappa shape index (κ3) is 6.14. The number of amides is 2. The summed E-state index contributed by atoms with van der Waals surface area (Å²) < 4.78 is 40.8. The van der Waals surface area contributed by atoms with E-state index in [1.807, 2.05) is 4.98 Å². The molecule has 1 atom stereocenters. The van der Waals surface area contributed by atoms with Crippen molar-refractivity contribution in [2.45, 2.75) is 18.6 Å². The van der Waals surface area contributed by atoms with Gasteiger partial charge in [0, 0.05) is 17.2 Å². The monoisotopic (exact) mass is 490 g/mol. The molecular weight excluding hydrogens is 477 g/mol. The van der Waals surface area contributed by atoms with Crippen LogP contribution in [0.4, 0.5) is 13.2 Å². The molecular formula is C17H14BrF3N4O5. The summed E-state index contributed by atoms with van der Waals surface area (Å²) in [6.45, 7) is -0.236. The lowest BCUT2D eigenvalue weighted by Gasteiger charge is -2.22. The molecule has 160 valence electrons. The summed E-state index contributed by atoms with van der Waals surface area (Å²) in [6.07, 6.45) is -4.55. The van der Waals surface area contributed by atoms with Crippen molar-refractivity contribution in [2.75, 3.05) is 6.54 Å². The van der Waals surface area contributed by atoms with E-state index in [4.69, 9.17) is 5.11 Å². The molecule has 4 N–H and O–H groups in total. The summed E-state index contributed by atoms with van der Waals surface area (Å²) in [5.41, 5.74) is -2.12. The molecule has 2 amide bonds. The first-order chi connectivity index (χ1) is 14.0. The number of hydrogen-bond acceptors (Lipinski definition) is 5. The van der Waals surface area contributed by atoms with Crippen LogP contribution in [0.2, 0.25) is 0 Å². The Balaban J connectivity index is 2.19. The molecule has 30 heavy (non-hydrogen) atoms. The first kappa shape index (κ1) is 23.1. The molecule has 0 aliphatic rings. The first-order valence-corrected chi connectivity index (χ1v) is 9.00. The number of carbonyl (C=O) groups excluding carboxylic acids is 2. The van der Waals surface area contributed by atoms with Gasteiger partial charge in [-0.1, -0.05) is 28.1 Å². The lowest BCUT2D eigenvalue weighted by atomic mass is 10.1. The minimum atomic E-state index is -4.84. The van der Waals surface area contributed by atoms with E-state index in [0.717, 1.165) is 12.1 Å². The molecule has 2 rings (SSSR count). The summed E-state index contributed by atoms with van der Waals surface area (Å²) in [5.74, 6) is -3.94. The van der Waals surface area contributed by atoms with Crippen LogP contribution in [-0.4, -0.2) is 45.6 Å². The predicted octanol–water partition coefficient (Wildman–Crippen LogP) is 1.77. The van der Waals surface area contributed by atoms with Crippen LogP contribution >= 0.6 is 15.9 Å². The van der Waals surface area contributed by atoms with E-state index in [9.17, 15) is 32.3 Å². The quantitative estimate of drug-likeness (QED) is 0.466. The zero-order valence-corrected chi connectivity index (χ0v) is 16.5. The van der Waals surface area contributed by atoms with Crippen molar-refractivity contribution in [1.29, 1.82) is 0 Å². The highest BCUT2D eigenvalue weighted by atomic mass is 79.9. The Kier molecular flexibility index (Phi) is 7.32. The Labute approximate surface area is 174 Å². The van der Waals surface area contributed by atoms with E-state index < -0.39 is 46.9 Å². The maximum atomic E-state index is 13.4. The van der Waals surface area contributed by atoms with Crippen LogP contribution in [0.5, 0.6) is 0 Å². The summed E-state index contributed by atoms with van der Waals surface area (Å²) in [4.78, 5) is 52.0. The van der Waals surface area contributed by atoms with Gasteiger partial charge in [0.1, 0.15) is 5.56 Å². The number of rotatable bonds is 7. The lowest BCUT2D eigenvalue weighted by Crippen LogP contribution is -2.40. The second-order valence-corrected chi connectivity index (χ2v) is 6.79. The molecule has 1 heterocycles. The van der Waals surface area contributed by atoms with Gasteiger partial charge in [-0.25, -0.2) is 4.98 Å². The van der Waals surface area contributed by atoms with Gasteiger partial charge in [0.2, 0.25) is 0 Å². The molecule has 0 fully saturated rings. The van der Waals surface area contributed by atoms with Gasteiger partial charge in [-0.15, -0.1) is 0 Å². The summed E-state index contributed by atoms with van der Waals surface area (Å²) in [7, 11) is 0. The van der Waals surface area contributed by atoms with Crippen LogP contribution in [0, 0.1) is 0 Å². The fourth-order valence-corrected chi connectivity index (χ4v) is 2.52. The maximum absolute atomic E-state index is 13.4. The Morgan fingerprint density at radius 3 is 2.33 bits per heavy atom. The largest absolute Gasteiger partial charge is 0.481 e. The minimum Gasteiger partial charge on any atom is -0.481 e. The fourth-order valence-electron chi connectivity index (χ4n) is 2.26. The molecule has 0 bridgehead atoms. The summed E-state index contributed by atoms with van der Waals surface area (Å²) in [6, 6.07) is 2.68. The molecule has 0 saturated heterocycles. The van der Waals surface area contributed by atoms with E-state index in [1.165, 1.54) is 12.1 Å². The highest BCUT2D eigenvalue weighted by Gasteiger charge is 2.42. The molecule has 0 radical (unpaired) electrons. The third-order valence-electron chi connectivity index (χ3n) is 3.69. The van der Waals surface area contributed by atoms with E-state index in [1.54, 1.807) is 5.32 Å². The van der Waals surface area contributed by atoms with E-state index in [0.29, 0.717) is 10.7 Å². The zero-order chi connectivity index (χ0) is 22.5. The number of carboxylic acids is 1. The van der Waals surface area contributed by atoms with Crippen LogP contribution in [-0.2, 0) is 4.79 Å². The SMILES string of the molecule is O=C(O)CCNC(=O)c1ncc(C(=O)NC(c2ccc(Br)cc2)C(F)(F)F)c(=O)[nH]1. The number of benzene rings is 1. The van der Waals surface area contributed by atoms with Gasteiger partial charge < -0.3 is 20.7 Å². The molecule has 0 aliphatic heterocycles. The predicted molar refractivity (Wildman–Crippen MR) is 99.8 cm³/mol. The van der Waals surface area contributed by atoms with Gasteiger partial charge in [0.15, 0.2) is 11.9 Å². The van der Waals surface area contributed by atoms with Crippen molar-refractivity contribution in [3.05, 3.63) is 62.2 Å². The third-order valence-corrected chi connectivity index (χ3v) is 4.22. The van der Waals surface area contributed by atoms with Crippen molar-refractivity contribution in [3.63, 3.8) is 0 Å². The van der Waals surface area contributed by atoms with Crippen molar-refractivity contribution in [1.82, 2.24) is 20.6 Å². The van der Waals surface area contributed by atoms with Gasteiger partial charge in [0.05, 0.1) is 6.42 Å². The van der Waals surface area contributed by atoms with Gasteiger partial charge in [-0.05, 0) is 17.7 Å². The Bertz CT molecular complexity index is 1010. The molecule has 0 spiro atoms. The highest BCUT2D eigenvalue weighted by Crippen LogP contribution is 2.33. The molecule has 2 aromatic rings. The topological polar surface area (TPSA) is 141 Å². The Morgan fingerprint density at radius 1 is 1.17 bits per heavy atom. The van der Waals surface area contributed by atoms with Gasteiger partial charge in [-0.3, -0.25) is 19.2 Å². The van der Waals surface area contributed by atoms with Crippen molar-refractivity contribution in [3.8, 4) is 0 Å². The lowest BCUT2D eigenvalue weighted by molar-refractivity contribution is -0.155. The highest BCUT2D eigenvalue weighted by molar-refractivity contribution is 9.10. The van der Waals surface area contributed by atoms with Gasteiger partial charge in [-0.2, -0.15) is 13.2 Å². The molecule has 0 aliphatic carbocycles. The van der Waals surface area contributed by atoms with Crippen molar-refractivity contribution >= 4 is 33.7 Å². The fraction of sp³-hybridized carbons (Fsp3) is 0.235. The molecule has 9 nitrogen and oxygen atoms in total. The normalized spacial score (nSPS) is 12.1. The number of hydrogen-bond donors (Lipinski definition) is 4. The van der Waals surface area contributed by atoms with E-state index >= 15 is 0 Å². The van der Waals surface area contributed by atoms with Crippen LogP contribution < -0.4 is 16.2 Å². The molecule has 1 unspecified atom stereocenters. The van der Waals surface area contributed by atoms with Gasteiger partial charge in [0.25, 0.3) is 17.4 Å². The second-order valence-electron chi connectivity index (χ2n) is 5.87. The number of nitrogens with one attached hydrogen (secondary N) is 3. The maximum Gasteiger partial charge on any atom is 0.412 e. The van der Waals surface area contributed by atoms with Crippen LogP contribution in [0.1, 0.15) is 39.0 Å². The van der Waals surface area contributed by atoms with Gasteiger partial charge >= 0.3 is 12.1 Å². The zero-order valence-electron chi connectivity index (χ0n) is 14.9. The average molecular weight is 491 g/mol. The first-order valence-electron chi connectivity index (χ1n) is 8.21. The van der Waals surface area contributed by atoms with Crippen molar-refractivity contribution in [2.24, 2.45) is 0 Å². The Hall–Kier alpha value is -3.22. The van der Waals surface area contributed by atoms with E-state index in [2.05, 4.69) is 26.2 Å². The average Bonchev–Trinajstić information content (AvgIpc) is 2.65. The number of H-pyrrole nitrogens is 1.